The van der Waals surface area contributed by atoms with Crippen molar-refractivity contribution in [3.8, 4) is 0 Å². The summed E-state index contributed by atoms with van der Waals surface area (Å²) in [6.07, 6.45) is 3.64. The second kappa shape index (κ2) is 2.84. The van der Waals surface area contributed by atoms with E-state index in [9.17, 15) is 0 Å². The van der Waals surface area contributed by atoms with Gasteiger partial charge in [0.15, 0.2) is 5.13 Å². The number of hydrogen-bond donors (Lipinski definition) is 0. The monoisotopic (exact) mass is 154 g/mol. The molecule has 0 aliphatic rings. The van der Waals surface area contributed by atoms with E-state index >= 15 is 0 Å². The molecule has 0 amide bonds. The number of anilines is 1. The lowest BCUT2D eigenvalue weighted by molar-refractivity contribution is 1.10. The van der Waals surface area contributed by atoms with Crippen LogP contribution in [0.4, 0.5) is 5.13 Å². The van der Waals surface area contributed by atoms with Crippen LogP contribution in [0, 0.1) is 0 Å². The molecule has 1 heterocycles. The van der Waals surface area contributed by atoms with Crippen molar-refractivity contribution in [1.29, 1.82) is 0 Å². The van der Waals surface area contributed by atoms with Crippen molar-refractivity contribution >= 4 is 22.5 Å². The van der Waals surface area contributed by atoms with Crippen LogP contribution in [0.15, 0.2) is 12.8 Å². The summed E-state index contributed by atoms with van der Waals surface area (Å²) in [4.78, 5) is 7.26. The first-order valence-corrected chi connectivity index (χ1v) is 3.81. The fraction of sp³-hybridized carbons (Fsp3) is 0.286. The molecule has 1 aromatic heterocycles. The molecule has 0 aromatic carbocycles. The average molecular weight is 154 g/mol. The van der Waals surface area contributed by atoms with Crippen molar-refractivity contribution in [2.75, 3.05) is 19.0 Å². The quantitative estimate of drug-likeness (QED) is 0.646. The zero-order valence-electron chi connectivity index (χ0n) is 6.16. The van der Waals surface area contributed by atoms with Gasteiger partial charge in [-0.15, -0.1) is 0 Å². The average Bonchev–Trinajstić information content (AvgIpc) is 2.34. The van der Waals surface area contributed by atoms with Gasteiger partial charge in [0.05, 0.1) is 0 Å². The molecule has 0 fully saturated rings. The third-order valence-corrected chi connectivity index (χ3v) is 2.26. The third-order valence-electron chi connectivity index (χ3n) is 1.10. The highest BCUT2D eigenvalue weighted by atomic mass is 32.1. The van der Waals surface area contributed by atoms with Crippen LogP contribution >= 0.6 is 11.3 Å². The van der Waals surface area contributed by atoms with Crippen LogP contribution in [0.25, 0.3) is 6.08 Å². The van der Waals surface area contributed by atoms with Crippen molar-refractivity contribution in [1.82, 2.24) is 4.98 Å². The smallest absolute Gasteiger partial charge is 0.185 e. The van der Waals surface area contributed by atoms with Crippen molar-refractivity contribution in [2.45, 2.75) is 0 Å². The minimum Gasteiger partial charge on any atom is -0.354 e. The Morgan fingerprint density at radius 2 is 2.40 bits per heavy atom. The van der Waals surface area contributed by atoms with Gasteiger partial charge in [0.25, 0.3) is 0 Å². The van der Waals surface area contributed by atoms with Crippen LogP contribution in [0.5, 0.6) is 0 Å². The minimum atomic E-state index is 1.02. The van der Waals surface area contributed by atoms with E-state index in [-0.39, 0.29) is 0 Å². The Bertz CT molecular complexity index is 227. The van der Waals surface area contributed by atoms with Crippen molar-refractivity contribution in [3.05, 3.63) is 17.7 Å². The van der Waals surface area contributed by atoms with E-state index in [2.05, 4.69) is 11.6 Å². The van der Waals surface area contributed by atoms with Gasteiger partial charge < -0.3 is 4.90 Å². The molecule has 0 N–H and O–H groups in total. The maximum Gasteiger partial charge on any atom is 0.185 e. The molecule has 0 saturated carbocycles. The Hall–Kier alpha value is -0.830. The number of nitrogens with zero attached hydrogens (tertiary/aromatic N) is 2. The molecule has 0 radical (unpaired) electrons. The van der Waals surface area contributed by atoms with Gasteiger partial charge in [-0.2, -0.15) is 0 Å². The maximum atomic E-state index is 4.16. The van der Waals surface area contributed by atoms with Gasteiger partial charge in [-0.05, 0) is 0 Å². The Morgan fingerprint density at radius 3 is 2.70 bits per heavy atom. The van der Waals surface area contributed by atoms with Gasteiger partial charge in [-0.1, -0.05) is 24.0 Å². The first-order chi connectivity index (χ1) is 4.74. The molecule has 0 spiro atoms. The molecule has 0 aliphatic heterocycles. The summed E-state index contributed by atoms with van der Waals surface area (Å²) in [5.41, 5.74) is 0. The van der Waals surface area contributed by atoms with Gasteiger partial charge >= 0.3 is 0 Å². The van der Waals surface area contributed by atoms with E-state index in [0.717, 1.165) is 10.0 Å². The Labute approximate surface area is 64.8 Å². The molecule has 0 bridgehead atoms. The van der Waals surface area contributed by atoms with E-state index in [4.69, 9.17) is 0 Å². The normalized spacial score (nSPS) is 9.40. The summed E-state index contributed by atoms with van der Waals surface area (Å²) in [5, 5.41) is 1.02. The van der Waals surface area contributed by atoms with E-state index in [1.165, 1.54) is 0 Å². The second-order valence-corrected chi connectivity index (χ2v) is 3.18. The molecule has 1 aromatic rings. The van der Waals surface area contributed by atoms with Crippen molar-refractivity contribution in [2.24, 2.45) is 0 Å². The standard InChI is InChI=1S/C7H10N2S/c1-4-6-5-8-7(10-6)9(2)3/h4-5H,1H2,2-3H3. The fourth-order valence-electron chi connectivity index (χ4n) is 0.578. The lowest BCUT2D eigenvalue weighted by Gasteiger charge is -2.04. The van der Waals surface area contributed by atoms with E-state index in [1.807, 2.05) is 31.3 Å². The molecule has 0 aliphatic carbocycles. The number of aromatic nitrogens is 1. The van der Waals surface area contributed by atoms with Gasteiger partial charge in [-0.25, -0.2) is 4.98 Å². The van der Waals surface area contributed by atoms with Crippen LogP contribution in [0.3, 0.4) is 0 Å². The summed E-state index contributed by atoms with van der Waals surface area (Å²) in [7, 11) is 3.96. The maximum absolute atomic E-state index is 4.16. The number of hydrogen-bond acceptors (Lipinski definition) is 3. The molecule has 54 valence electrons. The van der Waals surface area contributed by atoms with Crippen LogP contribution in [0.2, 0.25) is 0 Å². The Balaban J connectivity index is 2.88. The zero-order valence-corrected chi connectivity index (χ0v) is 6.98. The molecular formula is C7H10N2S. The summed E-state index contributed by atoms with van der Waals surface area (Å²) in [6.45, 7) is 3.66. The van der Waals surface area contributed by atoms with Gasteiger partial charge in [0.2, 0.25) is 0 Å². The number of thiazole rings is 1. The zero-order chi connectivity index (χ0) is 7.56. The molecule has 10 heavy (non-hydrogen) atoms. The third kappa shape index (κ3) is 1.36. The number of rotatable bonds is 2. The van der Waals surface area contributed by atoms with Crippen LogP contribution in [0.1, 0.15) is 4.88 Å². The summed E-state index contributed by atoms with van der Waals surface area (Å²) in [6, 6.07) is 0. The van der Waals surface area contributed by atoms with Gasteiger partial charge in [-0.3, -0.25) is 0 Å². The lowest BCUT2D eigenvalue weighted by Crippen LogP contribution is -2.07. The molecular weight excluding hydrogens is 144 g/mol. The van der Waals surface area contributed by atoms with Crippen molar-refractivity contribution in [3.63, 3.8) is 0 Å². The summed E-state index contributed by atoms with van der Waals surface area (Å²) in [5.74, 6) is 0. The molecule has 0 unspecified atom stereocenters. The van der Waals surface area contributed by atoms with Crippen molar-refractivity contribution < 1.29 is 0 Å². The lowest BCUT2D eigenvalue weighted by atomic mass is 10.6. The SMILES string of the molecule is C=Cc1cnc(N(C)C)s1. The molecule has 2 nitrogen and oxygen atoms in total. The van der Waals surface area contributed by atoms with E-state index in [1.54, 1.807) is 11.3 Å². The molecule has 0 atom stereocenters. The molecule has 3 heteroatoms. The van der Waals surface area contributed by atoms with Gasteiger partial charge in [0.1, 0.15) is 0 Å². The summed E-state index contributed by atoms with van der Waals surface area (Å²) >= 11 is 1.64. The second-order valence-electron chi connectivity index (χ2n) is 2.14. The first-order valence-electron chi connectivity index (χ1n) is 2.99. The predicted octanol–water partition coefficient (Wildman–Crippen LogP) is 1.85. The first kappa shape index (κ1) is 7.28. The largest absolute Gasteiger partial charge is 0.354 e. The van der Waals surface area contributed by atoms with E-state index in [0.29, 0.717) is 0 Å². The van der Waals surface area contributed by atoms with Crippen LogP contribution in [-0.4, -0.2) is 19.1 Å². The summed E-state index contributed by atoms with van der Waals surface area (Å²) < 4.78 is 0. The molecule has 1 rings (SSSR count). The van der Waals surface area contributed by atoms with Crippen LogP contribution in [-0.2, 0) is 0 Å². The Morgan fingerprint density at radius 1 is 1.70 bits per heavy atom. The van der Waals surface area contributed by atoms with Crippen LogP contribution < -0.4 is 4.90 Å². The highest BCUT2D eigenvalue weighted by Crippen LogP contribution is 2.20. The van der Waals surface area contributed by atoms with E-state index < -0.39 is 0 Å². The highest BCUT2D eigenvalue weighted by molar-refractivity contribution is 7.16. The Kier molecular flexibility index (Phi) is 2.06. The highest BCUT2D eigenvalue weighted by Gasteiger charge is 1.98. The fourth-order valence-corrected chi connectivity index (χ4v) is 1.27. The predicted molar refractivity (Wildman–Crippen MR) is 46.5 cm³/mol. The topological polar surface area (TPSA) is 16.1 Å². The van der Waals surface area contributed by atoms with Gasteiger partial charge in [0, 0.05) is 25.2 Å². The molecule has 0 saturated heterocycles. The minimum absolute atomic E-state index is 1.02.